The number of pyridine rings is 1. The molecule has 0 fully saturated rings. The van der Waals surface area contributed by atoms with E-state index in [2.05, 4.69) is 10.3 Å². The summed E-state index contributed by atoms with van der Waals surface area (Å²) in [6, 6.07) is 7.58. The first kappa shape index (κ1) is 10.3. The summed E-state index contributed by atoms with van der Waals surface area (Å²) in [4.78, 5) is 5.11. The van der Waals surface area contributed by atoms with Crippen LogP contribution in [0.3, 0.4) is 0 Å². The van der Waals surface area contributed by atoms with Gasteiger partial charge in [-0.1, -0.05) is 11.6 Å². The molecule has 2 aromatic heterocycles. The third kappa shape index (κ3) is 2.84. The molecule has 2 aromatic rings. The molecule has 0 saturated carbocycles. The number of hydrogen-bond donors (Lipinski definition) is 2. The minimum atomic E-state index is 0.518. The third-order valence-corrected chi connectivity index (χ3v) is 3.11. The smallest absolute Gasteiger partial charge is 0.125 e. The van der Waals surface area contributed by atoms with Crippen LogP contribution < -0.4 is 11.1 Å². The van der Waals surface area contributed by atoms with Gasteiger partial charge in [-0.2, -0.15) is 0 Å². The number of anilines is 2. The minimum absolute atomic E-state index is 0.518. The van der Waals surface area contributed by atoms with Gasteiger partial charge in [-0.3, -0.25) is 0 Å². The van der Waals surface area contributed by atoms with Crippen molar-refractivity contribution in [2.45, 2.75) is 6.54 Å². The van der Waals surface area contributed by atoms with E-state index in [1.54, 1.807) is 23.6 Å². The third-order valence-electron chi connectivity index (χ3n) is 1.88. The quantitative estimate of drug-likeness (QED) is 0.866. The van der Waals surface area contributed by atoms with Gasteiger partial charge in [0.2, 0.25) is 0 Å². The van der Waals surface area contributed by atoms with Gasteiger partial charge in [0, 0.05) is 29.4 Å². The Bertz CT molecular complexity index is 455. The summed E-state index contributed by atoms with van der Waals surface area (Å²) in [5, 5.41) is 3.25. The zero-order valence-corrected chi connectivity index (χ0v) is 9.48. The summed E-state index contributed by atoms with van der Waals surface area (Å²) in [5.41, 5.74) is 6.53. The fourth-order valence-electron chi connectivity index (χ4n) is 1.19. The molecule has 0 aliphatic carbocycles. The highest BCUT2D eigenvalue weighted by Gasteiger charge is 1.98. The van der Waals surface area contributed by atoms with Crippen molar-refractivity contribution in [2.24, 2.45) is 0 Å². The first-order valence-corrected chi connectivity index (χ1v) is 5.63. The second-order valence-electron chi connectivity index (χ2n) is 3.03. The molecule has 0 saturated heterocycles. The average Bonchev–Trinajstić information content (AvgIpc) is 2.62. The Kier molecular flexibility index (Phi) is 3.08. The summed E-state index contributed by atoms with van der Waals surface area (Å²) in [6.45, 7) is 0.751. The van der Waals surface area contributed by atoms with E-state index < -0.39 is 0 Å². The van der Waals surface area contributed by atoms with E-state index in [1.807, 2.05) is 18.2 Å². The lowest BCUT2D eigenvalue weighted by atomic mass is 10.3. The second kappa shape index (κ2) is 4.51. The molecular weight excluding hydrogens is 230 g/mol. The number of aromatic nitrogens is 1. The Labute approximate surface area is 96.9 Å². The average molecular weight is 240 g/mol. The standard InChI is InChI=1S/C10H10ClN3S/c11-9-2-1-8(15-9)6-14-7-3-4-13-10(12)5-7/h1-5H,6H2,(H3,12,13,14). The van der Waals surface area contributed by atoms with Gasteiger partial charge < -0.3 is 11.1 Å². The Balaban J connectivity index is 1.99. The molecule has 3 N–H and O–H groups in total. The highest BCUT2D eigenvalue weighted by atomic mass is 35.5. The van der Waals surface area contributed by atoms with Gasteiger partial charge in [0.15, 0.2) is 0 Å². The van der Waals surface area contributed by atoms with Crippen LogP contribution in [-0.4, -0.2) is 4.98 Å². The van der Waals surface area contributed by atoms with Crippen LogP contribution >= 0.6 is 22.9 Å². The number of nitrogens with one attached hydrogen (secondary N) is 1. The molecule has 0 aliphatic heterocycles. The van der Waals surface area contributed by atoms with Crippen molar-refractivity contribution in [1.82, 2.24) is 4.98 Å². The lowest BCUT2D eigenvalue weighted by molar-refractivity contribution is 1.18. The number of halogens is 1. The molecule has 0 radical (unpaired) electrons. The van der Waals surface area contributed by atoms with Crippen molar-refractivity contribution in [1.29, 1.82) is 0 Å². The normalized spacial score (nSPS) is 10.2. The molecule has 0 atom stereocenters. The number of thiophene rings is 1. The van der Waals surface area contributed by atoms with Crippen molar-refractivity contribution in [3.8, 4) is 0 Å². The number of nitrogens with two attached hydrogens (primary N) is 1. The van der Waals surface area contributed by atoms with E-state index in [9.17, 15) is 0 Å². The van der Waals surface area contributed by atoms with Crippen molar-refractivity contribution in [3.63, 3.8) is 0 Å². The summed E-state index contributed by atoms with van der Waals surface area (Å²) in [5.74, 6) is 0.518. The Morgan fingerprint density at radius 3 is 2.93 bits per heavy atom. The molecule has 0 spiro atoms. The lowest BCUT2D eigenvalue weighted by Crippen LogP contribution is -1.98. The molecule has 3 nitrogen and oxygen atoms in total. The monoisotopic (exact) mass is 239 g/mol. The molecule has 5 heteroatoms. The number of hydrogen-bond acceptors (Lipinski definition) is 4. The molecule has 2 rings (SSSR count). The van der Waals surface area contributed by atoms with Gasteiger partial charge in [-0.15, -0.1) is 11.3 Å². The zero-order chi connectivity index (χ0) is 10.7. The van der Waals surface area contributed by atoms with E-state index in [4.69, 9.17) is 17.3 Å². The van der Waals surface area contributed by atoms with Crippen LogP contribution in [0.5, 0.6) is 0 Å². The SMILES string of the molecule is Nc1cc(NCc2ccc(Cl)s2)ccn1. The Morgan fingerprint density at radius 1 is 1.40 bits per heavy atom. The fraction of sp³-hybridized carbons (Fsp3) is 0.100. The first-order valence-electron chi connectivity index (χ1n) is 4.43. The molecule has 78 valence electrons. The predicted octanol–water partition coefficient (Wildman–Crippen LogP) is 2.99. The molecule has 0 aliphatic rings. The molecule has 15 heavy (non-hydrogen) atoms. The lowest BCUT2D eigenvalue weighted by Gasteiger charge is -2.04. The number of rotatable bonds is 3. The molecule has 0 amide bonds. The summed E-state index contributed by atoms with van der Waals surface area (Å²) in [6.07, 6.45) is 1.68. The van der Waals surface area contributed by atoms with E-state index in [0.717, 1.165) is 16.6 Å². The van der Waals surface area contributed by atoms with Gasteiger partial charge in [-0.05, 0) is 18.2 Å². The molecule has 0 unspecified atom stereocenters. The molecular formula is C10H10ClN3S. The van der Waals surface area contributed by atoms with E-state index in [0.29, 0.717) is 5.82 Å². The zero-order valence-electron chi connectivity index (χ0n) is 7.90. The summed E-state index contributed by atoms with van der Waals surface area (Å²) >= 11 is 7.40. The van der Waals surface area contributed by atoms with Gasteiger partial charge >= 0.3 is 0 Å². The second-order valence-corrected chi connectivity index (χ2v) is 4.83. The van der Waals surface area contributed by atoms with Gasteiger partial charge in [0.05, 0.1) is 4.34 Å². The van der Waals surface area contributed by atoms with Crippen molar-refractivity contribution < 1.29 is 0 Å². The maximum absolute atomic E-state index is 5.83. The van der Waals surface area contributed by atoms with E-state index in [1.165, 1.54) is 4.88 Å². The highest BCUT2D eigenvalue weighted by Crippen LogP contribution is 2.22. The maximum Gasteiger partial charge on any atom is 0.125 e. The number of nitrogens with zero attached hydrogens (tertiary/aromatic N) is 1. The topological polar surface area (TPSA) is 50.9 Å². The van der Waals surface area contributed by atoms with Gasteiger partial charge in [0.1, 0.15) is 5.82 Å². The van der Waals surface area contributed by atoms with Crippen molar-refractivity contribution in [3.05, 3.63) is 39.7 Å². The van der Waals surface area contributed by atoms with Crippen LogP contribution in [0.15, 0.2) is 30.5 Å². The van der Waals surface area contributed by atoms with E-state index >= 15 is 0 Å². The van der Waals surface area contributed by atoms with Crippen LogP contribution in [0.1, 0.15) is 4.88 Å². The number of nitrogen functional groups attached to an aromatic ring is 1. The van der Waals surface area contributed by atoms with Crippen LogP contribution in [0.2, 0.25) is 4.34 Å². The van der Waals surface area contributed by atoms with Gasteiger partial charge in [0.25, 0.3) is 0 Å². The maximum atomic E-state index is 5.83. The highest BCUT2D eigenvalue weighted by molar-refractivity contribution is 7.16. The Morgan fingerprint density at radius 2 is 2.27 bits per heavy atom. The summed E-state index contributed by atoms with van der Waals surface area (Å²) in [7, 11) is 0. The van der Waals surface area contributed by atoms with Crippen molar-refractivity contribution >= 4 is 34.4 Å². The Hall–Kier alpha value is -1.26. The van der Waals surface area contributed by atoms with Gasteiger partial charge in [-0.25, -0.2) is 4.98 Å². The van der Waals surface area contributed by atoms with Crippen LogP contribution in [0.25, 0.3) is 0 Å². The van der Waals surface area contributed by atoms with E-state index in [-0.39, 0.29) is 0 Å². The molecule has 2 heterocycles. The predicted molar refractivity (Wildman–Crippen MR) is 65.3 cm³/mol. The van der Waals surface area contributed by atoms with Crippen LogP contribution in [-0.2, 0) is 6.54 Å². The fourth-order valence-corrected chi connectivity index (χ4v) is 2.22. The summed E-state index contributed by atoms with van der Waals surface area (Å²) < 4.78 is 0.807. The molecule has 0 bridgehead atoms. The molecule has 0 aromatic carbocycles. The van der Waals surface area contributed by atoms with Crippen LogP contribution in [0.4, 0.5) is 11.5 Å². The first-order chi connectivity index (χ1) is 7.24. The minimum Gasteiger partial charge on any atom is -0.384 e. The largest absolute Gasteiger partial charge is 0.384 e. The van der Waals surface area contributed by atoms with Crippen LogP contribution in [0, 0.1) is 0 Å². The van der Waals surface area contributed by atoms with Crippen molar-refractivity contribution in [2.75, 3.05) is 11.1 Å².